The van der Waals surface area contributed by atoms with Gasteiger partial charge in [0.25, 0.3) is 0 Å². The minimum atomic E-state index is -0.00553. The van der Waals surface area contributed by atoms with Crippen LogP contribution in [-0.4, -0.2) is 25.0 Å². The molecular formula is C15H22N2O. The highest BCUT2D eigenvalue weighted by molar-refractivity contribution is 5.98. The molecule has 1 heterocycles. The first-order valence-electron chi connectivity index (χ1n) is 6.90. The van der Waals surface area contributed by atoms with E-state index >= 15 is 0 Å². The average Bonchev–Trinajstić information content (AvgIpc) is 2.41. The van der Waals surface area contributed by atoms with Gasteiger partial charge in [0.1, 0.15) is 0 Å². The number of benzene rings is 1. The van der Waals surface area contributed by atoms with Gasteiger partial charge in [0.05, 0.1) is 6.04 Å². The van der Waals surface area contributed by atoms with Crippen molar-refractivity contribution in [2.24, 2.45) is 0 Å². The van der Waals surface area contributed by atoms with Crippen LogP contribution in [0.1, 0.15) is 32.3 Å². The molecule has 1 unspecified atom stereocenters. The fourth-order valence-corrected chi connectivity index (χ4v) is 2.51. The minimum absolute atomic E-state index is 0.00553. The molecule has 0 radical (unpaired) electrons. The summed E-state index contributed by atoms with van der Waals surface area (Å²) in [4.78, 5) is 14.3. The number of carbonyl (C=O) groups excluding carboxylic acids is 1. The number of aryl methyl sites for hydroxylation is 1. The van der Waals surface area contributed by atoms with E-state index < -0.39 is 0 Å². The molecule has 1 atom stereocenters. The van der Waals surface area contributed by atoms with Crippen molar-refractivity contribution in [3.05, 3.63) is 29.8 Å². The molecule has 1 amide bonds. The Hall–Kier alpha value is -1.35. The molecule has 1 aliphatic rings. The molecule has 0 aromatic heterocycles. The smallest absolute Gasteiger partial charge is 0.244 e. The zero-order chi connectivity index (χ0) is 13.0. The number of hydrogen-bond acceptors (Lipinski definition) is 2. The number of piperidine rings is 1. The summed E-state index contributed by atoms with van der Waals surface area (Å²) in [5, 5.41) is 3.27. The lowest BCUT2D eigenvalue weighted by molar-refractivity contribution is -0.121. The third-order valence-electron chi connectivity index (χ3n) is 3.52. The van der Waals surface area contributed by atoms with Gasteiger partial charge in [-0.3, -0.25) is 4.79 Å². The third-order valence-corrected chi connectivity index (χ3v) is 3.52. The van der Waals surface area contributed by atoms with Gasteiger partial charge in [-0.05, 0) is 43.5 Å². The Morgan fingerprint density at radius 2 is 2.22 bits per heavy atom. The highest BCUT2D eigenvalue weighted by Gasteiger charge is 2.28. The first-order valence-corrected chi connectivity index (χ1v) is 6.90. The number of likely N-dealkylation sites (N-methyl/N-ethyl adjacent to an activating group) is 1. The molecule has 3 heteroatoms. The Balaban J connectivity index is 2.18. The van der Waals surface area contributed by atoms with E-state index in [4.69, 9.17) is 0 Å². The SMILES string of the molecule is CCNC1CCCN(c2cccc(CC)c2)C1=O. The van der Waals surface area contributed by atoms with Gasteiger partial charge in [-0.1, -0.05) is 26.0 Å². The van der Waals surface area contributed by atoms with E-state index in [0.29, 0.717) is 0 Å². The number of rotatable bonds is 4. The van der Waals surface area contributed by atoms with E-state index in [2.05, 4.69) is 24.4 Å². The van der Waals surface area contributed by atoms with Crippen LogP contribution in [0.2, 0.25) is 0 Å². The lowest BCUT2D eigenvalue weighted by atomic mass is 10.0. The minimum Gasteiger partial charge on any atom is -0.311 e. The molecule has 0 bridgehead atoms. The van der Waals surface area contributed by atoms with Crippen molar-refractivity contribution in [3.8, 4) is 0 Å². The average molecular weight is 246 g/mol. The molecule has 1 saturated heterocycles. The summed E-state index contributed by atoms with van der Waals surface area (Å²) in [5.41, 5.74) is 2.33. The van der Waals surface area contributed by atoms with Crippen LogP contribution in [0.5, 0.6) is 0 Å². The molecule has 0 spiro atoms. The van der Waals surface area contributed by atoms with Gasteiger partial charge in [-0.15, -0.1) is 0 Å². The van der Waals surface area contributed by atoms with E-state index in [9.17, 15) is 4.79 Å². The van der Waals surface area contributed by atoms with E-state index in [1.54, 1.807) is 0 Å². The molecule has 1 aliphatic heterocycles. The predicted molar refractivity (Wildman–Crippen MR) is 74.9 cm³/mol. The van der Waals surface area contributed by atoms with Crippen molar-refractivity contribution in [1.29, 1.82) is 0 Å². The van der Waals surface area contributed by atoms with Crippen LogP contribution in [0.15, 0.2) is 24.3 Å². The van der Waals surface area contributed by atoms with Crippen LogP contribution in [0, 0.1) is 0 Å². The molecular weight excluding hydrogens is 224 g/mol. The highest BCUT2D eigenvalue weighted by atomic mass is 16.2. The summed E-state index contributed by atoms with van der Waals surface area (Å²) in [7, 11) is 0. The summed E-state index contributed by atoms with van der Waals surface area (Å²) in [5.74, 6) is 0.219. The second-order valence-electron chi connectivity index (χ2n) is 4.77. The van der Waals surface area contributed by atoms with Crippen molar-refractivity contribution in [3.63, 3.8) is 0 Å². The summed E-state index contributed by atoms with van der Waals surface area (Å²) < 4.78 is 0. The largest absolute Gasteiger partial charge is 0.311 e. The van der Waals surface area contributed by atoms with Crippen LogP contribution in [-0.2, 0) is 11.2 Å². The number of hydrogen-bond donors (Lipinski definition) is 1. The Kier molecular flexibility index (Phi) is 4.37. The van der Waals surface area contributed by atoms with Crippen LogP contribution in [0.25, 0.3) is 0 Å². The third kappa shape index (κ3) is 2.72. The Morgan fingerprint density at radius 3 is 2.94 bits per heavy atom. The van der Waals surface area contributed by atoms with Crippen molar-refractivity contribution in [2.45, 2.75) is 39.2 Å². The maximum atomic E-state index is 12.4. The maximum Gasteiger partial charge on any atom is 0.244 e. The molecule has 2 rings (SSSR count). The predicted octanol–water partition coefficient (Wildman–Crippen LogP) is 2.35. The highest BCUT2D eigenvalue weighted by Crippen LogP contribution is 2.22. The quantitative estimate of drug-likeness (QED) is 0.884. The van der Waals surface area contributed by atoms with E-state index in [-0.39, 0.29) is 11.9 Å². The summed E-state index contributed by atoms with van der Waals surface area (Å²) in [6.07, 6.45) is 3.03. The van der Waals surface area contributed by atoms with Gasteiger partial charge in [0, 0.05) is 12.2 Å². The van der Waals surface area contributed by atoms with Gasteiger partial charge in [0.2, 0.25) is 5.91 Å². The summed E-state index contributed by atoms with van der Waals surface area (Å²) in [6, 6.07) is 8.31. The fourth-order valence-electron chi connectivity index (χ4n) is 2.51. The molecule has 1 aromatic rings. The topological polar surface area (TPSA) is 32.3 Å². The van der Waals surface area contributed by atoms with Crippen molar-refractivity contribution >= 4 is 11.6 Å². The normalized spacial score (nSPS) is 20.2. The van der Waals surface area contributed by atoms with Crippen molar-refractivity contribution in [1.82, 2.24) is 5.32 Å². The first kappa shape index (κ1) is 13.1. The summed E-state index contributed by atoms with van der Waals surface area (Å²) in [6.45, 7) is 5.87. The molecule has 0 aliphatic carbocycles. The van der Waals surface area contributed by atoms with E-state index in [1.807, 2.05) is 24.0 Å². The molecule has 3 nitrogen and oxygen atoms in total. The molecule has 98 valence electrons. The molecule has 18 heavy (non-hydrogen) atoms. The molecule has 1 N–H and O–H groups in total. The van der Waals surface area contributed by atoms with Crippen LogP contribution in [0.3, 0.4) is 0 Å². The van der Waals surface area contributed by atoms with Crippen molar-refractivity contribution < 1.29 is 4.79 Å². The van der Waals surface area contributed by atoms with Crippen LogP contribution < -0.4 is 10.2 Å². The number of nitrogens with one attached hydrogen (secondary N) is 1. The summed E-state index contributed by atoms with van der Waals surface area (Å²) >= 11 is 0. The van der Waals surface area contributed by atoms with Gasteiger partial charge in [-0.25, -0.2) is 0 Å². The van der Waals surface area contributed by atoms with E-state index in [0.717, 1.165) is 38.0 Å². The standard InChI is InChI=1S/C15H22N2O/c1-3-12-7-5-8-13(11-12)17-10-6-9-14(15(17)18)16-4-2/h5,7-8,11,14,16H,3-4,6,9-10H2,1-2H3. The second kappa shape index (κ2) is 6.01. The van der Waals surface area contributed by atoms with Crippen LogP contribution in [0.4, 0.5) is 5.69 Å². The fraction of sp³-hybridized carbons (Fsp3) is 0.533. The molecule has 1 aromatic carbocycles. The number of nitrogens with zero attached hydrogens (tertiary/aromatic N) is 1. The Labute approximate surface area is 109 Å². The van der Waals surface area contributed by atoms with Gasteiger partial charge < -0.3 is 10.2 Å². The molecule has 1 fully saturated rings. The number of amides is 1. The van der Waals surface area contributed by atoms with Gasteiger partial charge >= 0.3 is 0 Å². The van der Waals surface area contributed by atoms with Crippen molar-refractivity contribution in [2.75, 3.05) is 18.0 Å². The number of anilines is 1. The lowest BCUT2D eigenvalue weighted by Crippen LogP contribution is -2.50. The van der Waals surface area contributed by atoms with Crippen LogP contribution >= 0.6 is 0 Å². The Bertz CT molecular complexity index is 415. The zero-order valence-electron chi connectivity index (χ0n) is 11.3. The second-order valence-corrected chi connectivity index (χ2v) is 4.77. The van der Waals surface area contributed by atoms with Gasteiger partial charge in [0.15, 0.2) is 0 Å². The first-order chi connectivity index (χ1) is 8.76. The maximum absolute atomic E-state index is 12.4. The van der Waals surface area contributed by atoms with E-state index in [1.165, 1.54) is 5.56 Å². The molecule has 0 saturated carbocycles. The monoisotopic (exact) mass is 246 g/mol. The zero-order valence-corrected chi connectivity index (χ0v) is 11.3. The van der Waals surface area contributed by atoms with Gasteiger partial charge in [-0.2, -0.15) is 0 Å². The number of carbonyl (C=O) groups is 1. The Morgan fingerprint density at radius 1 is 1.39 bits per heavy atom. The lowest BCUT2D eigenvalue weighted by Gasteiger charge is -2.32.